The Hall–Kier alpha value is -1.35. The Bertz CT molecular complexity index is 368. The summed E-state index contributed by atoms with van der Waals surface area (Å²) >= 11 is 0. The lowest BCUT2D eigenvalue weighted by molar-refractivity contribution is -0.177. The van der Waals surface area contributed by atoms with Crippen LogP contribution in [0.5, 0.6) is 0 Å². The summed E-state index contributed by atoms with van der Waals surface area (Å²) in [6.45, 7) is 4.33. The first-order valence-corrected chi connectivity index (χ1v) is 6.23. The number of methoxy groups -OCH3 is 2. The first-order valence-electron chi connectivity index (χ1n) is 6.23. The highest BCUT2D eigenvalue weighted by Crippen LogP contribution is 2.18. The highest BCUT2D eigenvalue weighted by Gasteiger charge is 2.44. The maximum absolute atomic E-state index is 12.3. The number of alkyl halides is 3. The van der Waals surface area contributed by atoms with Gasteiger partial charge in [0.15, 0.2) is 6.29 Å². The van der Waals surface area contributed by atoms with E-state index in [-0.39, 0.29) is 13.1 Å². The summed E-state index contributed by atoms with van der Waals surface area (Å²) in [6.07, 6.45) is -5.75. The van der Waals surface area contributed by atoms with Gasteiger partial charge in [-0.3, -0.25) is 9.59 Å². The van der Waals surface area contributed by atoms with Crippen LogP contribution in [0.1, 0.15) is 20.8 Å². The number of ether oxygens (including phenoxy) is 2. The molecule has 1 N–H and O–H groups in total. The van der Waals surface area contributed by atoms with Gasteiger partial charge in [0.2, 0.25) is 5.91 Å². The normalized spacial score (nSPS) is 12.4. The molecule has 124 valence electrons. The van der Waals surface area contributed by atoms with E-state index in [0.29, 0.717) is 0 Å². The van der Waals surface area contributed by atoms with Crippen molar-refractivity contribution < 1.29 is 32.2 Å². The minimum Gasteiger partial charge on any atom is -0.354 e. The van der Waals surface area contributed by atoms with Crippen LogP contribution in [0.3, 0.4) is 0 Å². The highest BCUT2D eigenvalue weighted by molar-refractivity contribution is 5.92. The molecule has 0 aromatic rings. The van der Waals surface area contributed by atoms with Gasteiger partial charge in [-0.15, -0.1) is 0 Å². The Morgan fingerprint density at radius 1 is 1.19 bits per heavy atom. The van der Waals surface area contributed by atoms with Crippen molar-refractivity contribution in [3.05, 3.63) is 0 Å². The highest BCUT2D eigenvalue weighted by atomic mass is 19.4. The third-order valence-corrected chi connectivity index (χ3v) is 2.78. The number of nitrogens with zero attached hydrogens (tertiary/aromatic N) is 1. The van der Waals surface area contributed by atoms with Crippen LogP contribution in [-0.2, 0) is 19.1 Å². The summed E-state index contributed by atoms with van der Waals surface area (Å²) in [5.41, 5.74) is -1.70. The lowest BCUT2D eigenvalue weighted by Crippen LogP contribution is -2.59. The van der Waals surface area contributed by atoms with Crippen LogP contribution in [0.4, 0.5) is 13.2 Å². The molecule has 0 fully saturated rings. The van der Waals surface area contributed by atoms with Crippen molar-refractivity contribution in [3.8, 4) is 0 Å². The fourth-order valence-corrected chi connectivity index (χ4v) is 1.58. The van der Waals surface area contributed by atoms with E-state index in [9.17, 15) is 22.8 Å². The molecule has 0 aromatic heterocycles. The second-order valence-corrected chi connectivity index (χ2v) is 4.82. The van der Waals surface area contributed by atoms with Gasteiger partial charge < -0.3 is 19.7 Å². The Morgan fingerprint density at radius 3 is 2.00 bits per heavy atom. The van der Waals surface area contributed by atoms with E-state index >= 15 is 0 Å². The smallest absolute Gasteiger partial charge is 0.354 e. The number of amides is 2. The summed E-state index contributed by atoms with van der Waals surface area (Å²) in [4.78, 5) is 24.5. The van der Waals surface area contributed by atoms with E-state index in [2.05, 4.69) is 0 Å². The van der Waals surface area contributed by atoms with Gasteiger partial charge >= 0.3 is 12.1 Å². The molecule has 0 spiro atoms. The monoisotopic (exact) mass is 314 g/mol. The van der Waals surface area contributed by atoms with Crippen molar-refractivity contribution >= 4 is 11.8 Å². The SMILES string of the molecule is CCN(CC(OC)OC)C(=O)C(C)(C)NC(=O)C(F)(F)F. The van der Waals surface area contributed by atoms with E-state index in [1.165, 1.54) is 33.0 Å². The predicted octanol–water partition coefficient (Wildman–Crippen LogP) is 0.911. The molecule has 0 heterocycles. The van der Waals surface area contributed by atoms with E-state index < -0.39 is 29.8 Å². The molecule has 0 unspecified atom stereocenters. The average molecular weight is 314 g/mol. The molecular weight excluding hydrogens is 293 g/mol. The van der Waals surface area contributed by atoms with Gasteiger partial charge in [-0.05, 0) is 20.8 Å². The largest absolute Gasteiger partial charge is 0.471 e. The summed E-state index contributed by atoms with van der Waals surface area (Å²) in [5, 5.41) is 1.68. The van der Waals surface area contributed by atoms with Gasteiger partial charge in [-0.2, -0.15) is 13.2 Å². The van der Waals surface area contributed by atoms with Gasteiger partial charge in [0, 0.05) is 20.8 Å². The maximum Gasteiger partial charge on any atom is 0.471 e. The first-order chi connectivity index (χ1) is 9.49. The van der Waals surface area contributed by atoms with E-state index in [1.807, 2.05) is 0 Å². The van der Waals surface area contributed by atoms with Crippen LogP contribution in [0.25, 0.3) is 0 Å². The number of halogens is 3. The number of carbonyl (C=O) groups is 2. The summed E-state index contributed by atoms with van der Waals surface area (Å²) in [5.74, 6) is -2.83. The quantitative estimate of drug-likeness (QED) is 0.709. The number of rotatable bonds is 7. The topological polar surface area (TPSA) is 67.9 Å². The minimum atomic E-state index is -5.05. The molecule has 0 rings (SSSR count). The minimum absolute atomic E-state index is 0.0354. The van der Waals surface area contributed by atoms with Crippen molar-refractivity contribution in [1.82, 2.24) is 10.2 Å². The molecule has 0 atom stereocenters. The van der Waals surface area contributed by atoms with Crippen molar-refractivity contribution in [2.24, 2.45) is 0 Å². The predicted molar refractivity (Wildman–Crippen MR) is 68.3 cm³/mol. The zero-order valence-electron chi connectivity index (χ0n) is 12.7. The third kappa shape index (κ3) is 5.88. The zero-order chi connectivity index (χ0) is 16.8. The van der Waals surface area contributed by atoms with Gasteiger partial charge in [0.1, 0.15) is 5.54 Å². The van der Waals surface area contributed by atoms with Crippen molar-refractivity contribution in [1.29, 1.82) is 0 Å². The number of nitrogens with one attached hydrogen (secondary N) is 1. The molecule has 0 saturated heterocycles. The van der Waals surface area contributed by atoms with E-state index in [1.54, 1.807) is 12.2 Å². The lowest BCUT2D eigenvalue weighted by Gasteiger charge is -2.33. The second kappa shape index (κ2) is 7.60. The Labute approximate surface area is 121 Å². The van der Waals surface area contributed by atoms with Crippen LogP contribution in [0, 0.1) is 0 Å². The molecule has 0 aliphatic carbocycles. The maximum atomic E-state index is 12.3. The Balaban J connectivity index is 4.95. The standard InChI is InChI=1S/C12H21F3N2O4/c1-6-17(7-8(20-4)21-5)10(19)11(2,3)16-9(18)12(13,14)15/h8H,6-7H2,1-5H3,(H,16,18). The summed E-state index contributed by atoms with van der Waals surface area (Å²) < 4.78 is 46.7. The van der Waals surface area contributed by atoms with E-state index in [4.69, 9.17) is 9.47 Å². The molecule has 6 nitrogen and oxygen atoms in total. The van der Waals surface area contributed by atoms with Crippen molar-refractivity contribution in [2.45, 2.75) is 38.8 Å². The second-order valence-electron chi connectivity index (χ2n) is 4.82. The number of hydrogen-bond acceptors (Lipinski definition) is 4. The number of hydrogen-bond donors (Lipinski definition) is 1. The molecule has 0 aromatic carbocycles. The number of likely N-dealkylation sites (N-methyl/N-ethyl adjacent to an activating group) is 1. The van der Waals surface area contributed by atoms with Gasteiger partial charge in [0.25, 0.3) is 0 Å². The van der Waals surface area contributed by atoms with Gasteiger partial charge in [0.05, 0.1) is 6.54 Å². The molecule has 0 radical (unpaired) electrons. The summed E-state index contributed by atoms with van der Waals surface area (Å²) in [7, 11) is 2.76. The van der Waals surface area contributed by atoms with Crippen LogP contribution >= 0.6 is 0 Å². The van der Waals surface area contributed by atoms with Crippen LogP contribution in [-0.4, -0.2) is 62.0 Å². The fraction of sp³-hybridized carbons (Fsp3) is 0.833. The van der Waals surface area contributed by atoms with Crippen LogP contribution in [0.15, 0.2) is 0 Å². The summed E-state index contributed by atoms with van der Waals surface area (Å²) in [6, 6.07) is 0. The Morgan fingerprint density at radius 2 is 1.67 bits per heavy atom. The molecule has 0 aliphatic rings. The zero-order valence-corrected chi connectivity index (χ0v) is 12.7. The molecule has 2 amide bonds. The molecule has 0 saturated carbocycles. The fourth-order valence-electron chi connectivity index (χ4n) is 1.58. The van der Waals surface area contributed by atoms with E-state index in [0.717, 1.165) is 0 Å². The van der Waals surface area contributed by atoms with Crippen molar-refractivity contribution in [2.75, 3.05) is 27.3 Å². The molecule has 0 bridgehead atoms. The molecule has 0 aliphatic heterocycles. The third-order valence-electron chi connectivity index (χ3n) is 2.78. The van der Waals surface area contributed by atoms with Gasteiger partial charge in [-0.25, -0.2) is 0 Å². The molecular formula is C12H21F3N2O4. The number of carbonyl (C=O) groups excluding carboxylic acids is 2. The first kappa shape index (κ1) is 19.7. The molecule has 9 heteroatoms. The average Bonchev–Trinajstić information content (AvgIpc) is 2.38. The van der Waals surface area contributed by atoms with Crippen molar-refractivity contribution in [3.63, 3.8) is 0 Å². The van der Waals surface area contributed by atoms with Gasteiger partial charge in [-0.1, -0.05) is 0 Å². The lowest BCUT2D eigenvalue weighted by atomic mass is 10.0. The van der Waals surface area contributed by atoms with Crippen LogP contribution < -0.4 is 5.32 Å². The molecule has 21 heavy (non-hydrogen) atoms. The van der Waals surface area contributed by atoms with Crippen LogP contribution in [0.2, 0.25) is 0 Å². The Kier molecular flexibility index (Phi) is 7.11.